The van der Waals surface area contributed by atoms with Gasteiger partial charge in [-0.05, 0) is 37.6 Å². The topological polar surface area (TPSA) is 75.7 Å². The number of halogens is 1. The second kappa shape index (κ2) is 7.99. The monoisotopic (exact) mass is 370 g/mol. The highest BCUT2D eigenvalue weighted by Crippen LogP contribution is 2.26. The fraction of sp³-hybridized carbons (Fsp3) is 0.250. The van der Waals surface area contributed by atoms with Gasteiger partial charge in [-0.1, -0.05) is 12.1 Å². The summed E-state index contributed by atoms with van der Waals surface area (Å²) in [6.45, 7) is 2.26. The highest BCUT2D eigenvalue weighted by atomic mass is 19.1. The van der Waals surface area contributed by atoms with Gasteiger partial charge in [0.25, 0.3) is 11.8 Å². The van der Waals surface area contributed by atoms with Crippen molar-refractivity contribution in [3.05, 3.63) is 59.4 Å². The number of carbonyl (C=O) groups is 3. The molecule has 140 valence electrons. The number of ether oxygens (including phenoxy) is 1. The summed E-state index contributed by atoms with van der Waals surface area (Å²) in [4.78, 5) is 37.9. The maximum absolute atomic E-state index is 13.3. The number of nitrogens with one attached hydrogen (secondary N) is 1. The number of imide groups is 1. The average Bonchev–Trinajstić information content (AvgIpc) is 2.89. The minimum atomic E-state index is -0.456. The van der Waals surface area contributed by atoms with Crippen molar-refractivity contribution < 1.29 is 23.5 Å². The molecule has 6 nitrogen and oxygen atoms in total. The summed E-state index contributed by atoms with van der Waals surface area (Å²) in [5, 5.41) is 2.67. The zero-order chi connectivity index (χ0) is 19.4. The molecular formula is C20H19FN2O4. The Morgan fingerprint density at radius 1 is 1.11 bits per heavy atom. The molecule has 0 saturated carbocycles. The lowest BCUT2D eigenvalue weighted by Crippen LogP contribution is -2.31. The number of hydrogen-bond acceptors (Lipinski definition) is 4. The standard InChI is InChI=1S/C20H19FN2O4/c1-2-27-17-12-13(21)9-10-16(17)22-18(24)8-5-11-23-19(25)14-6-3-4-7-15(14)20(23)26/h3-4,6-7,9-10,12H,2,5,8,11H2,1H3,(H,22,24). The van der Waals surface area contributed by atoms with E-state index in [4.69, 9.17) is 4.74 Å². The molecule has 1 N–H and O–H groups in total. The smallest absolute Gasteiger partial charge is 0.261 e. The SMILES string of the molecule is CCOc1cc(F)ccc1NC(=O)CCCN1C(=O)c2ccccc2C1=O. The normalized spacial score (nSPS) is 12.9. The van der Waals surface area contributed by atoms with Crippen LogP contribution in [0.1, 0.15) is 40.5 Å². The molecule has 0 saturated heterocycles. The Morgan fingerprint density at radius 2 is 1.78 bits per heavy atom. The number of fused-ring (bicyclic) bond motifs is 1. The van der Waals surface area contributed by atoms with Crippen LogP contribution < -0.4 is 10.1 Å². The summed E-state index contributed by atoms with van der Waals surface area (Å²) in [5.41, 5.74) is 1.16. The Kier molecular flexibility index (Phi) is 5.49. The number of anilines is 1. The Hall–Kier alpha value is -3.22. The van der Waals surface area contributed by atoms with Crippen LogP contribution >= 0.6 is 0 Å². The number of rotatable bonds is 7. The third kappa shape index (κ3) is 3.97. The lowest BCUT2D eigenvalue weighted by molar-refractivity contribution is -0.116. The summed E-state index contributed by atoms with van der Waals surface area (Å²) < 4.78 is 18.6. The van der Waals surface area contributed by atoms with E-state index >= 15 is 0 Å². The van der Waals surface area contributed by atoms with Crippen LogP contribution in [0.25, 0.3) is 0 Å². The Labute approximate surface area is 155 Å². The van der Waals surface area contributed by atoms with Gasteiger partial charge < -0.3 is 10.1 Å². The Morgan fingerprint density at radius 3 is 2.41 bits per heavy atom. The highest BCUT2D eigenvalue weighted by Gasteiger charge is 2.34. The van der Waals surface area contributed by atoms with Gasteiger partial charge >= 0.3 is 0 Å². The predicted octanol–water partition coefficient (Wildman–Crippen LogP) is 3.24. The van der Waals surface area contributed by atoms with Gasteiger partial charge in [0.1, 0.15) is 11.6 Å². The molecule has 27 heavy (non-hydrogen) atoms. The van der Waals surface area contributed by atoms with E-state index in [0.717, 1.165) is 4.90 Å². The van der Waals surface area contributed by atoms with Crippen molar-refractivity contribution in [2.45, 2.75) is 19.8 Å². The second-order valence-electron chi connectivity index (χ2n) is 6.03. The van der Waals surface area contributed by atoms with E-state index in [2.05, 4.69) is 5.32 Å². The second-order valence-corrected chi connectivity index (χ2v) is 6.03. The molecule has 0 aromatic heterocycles. The van der Waals surface area contributed by atoms with Crippen LogP contribution in [0.15, 0.2) is 42.5 Å². The van der Waals surface area contributed by atoms with Crippen molar-refractivity contribution in [1.82, 2.24) is 4.90 Å². The lowest BCUT2D eigenvalue weighted by atomic mass is 10.1. The Balaban J connectivity index is 1.55. The van der Waals surface area contributed by atoms with Gasteiger partial charge in [-0.15, -0.1) is 0 Å². The van der Waals surface area contributed by atoms with Crippen LogP contribution in [0.2, 0.25) is 0 Å². The van der Waals surface area contributed by atoms with E-state index in [-0.39, 0.29) is 36.4 Å². The third-order valence-electron chi connectivity index (χ3n) is 4.18. The van der Waals surface area contributed by atoms with Gasteiger partial charge in [0.2, 0.25) is 5.91 Å². The molecule has 1 aliphatic rings. The summed E-state index contributed by atoms with van der Waals surface area (Å²) in [5.74, 6) is -1.19. The van der Waals surface area contributed by atoms with E-state index in [1.165, 1.54) is 18.2 Å². The number of nitrogens with zero attached hydrogens (tertiary/aromatic N) is 1. The van der Waals surface area contributed by atoms with Gasteiger partial charge in [-0.3, -0.25) is 19.3 Å². The largest absolute Gasteiger partial charge is 0.492 e. The number of benzene rings is 2. The first-order chi connectivity index (χ1) is 13.0. The summed E-state index contributed by atoms with van der Waals surface area (Å²) in [6.07, 6.45) is 0.429. The predicted molar refractivity (Wildman–Crippen MR) is 97.2 cm³/mol. The summed E-state index contributed by atoms with van der Waals surface area (Å²) in [7, 11) is 0. The van der Waals surface area contributed by atoms with Crippen LogP contribution in [0.4, 0.5) is 10.1 Å². The van der Waals surface area contributed by atoms with E-state index in [1.807, 2.05) is 0 Å². The van der Waals surface area contributed by atoms with Crippen LogP contribution in [-0.2, 0) is 4.79 Å². The van der Waals surface area contributed by atoms with Gasteiger partial charge in [-0.25, -0.2) is 4.39 Å². The van der Waals surface area contributed by atoms with Gasteiger partial charge in [0.15, 0.2) is 0 Å². The molecule has 3 amide bonds. The molecule has 7 heteroatoms. The number of amides is 3. The molecule has 0 atom stereocenters. The zero-order valence-corrected chi connectivity index (χ0v) is 14.8. The van der Waals surface area contributed by atoms with E-state index in [1.54, 1.807) is 31.2 Å². The fourth-order valence-corrected chi connectivity index (χ4v) is 2.93. The minimum absolute atomic E-state index is 0.107. The molecule has 0 radical (unpaired) electrons. The minimum Gasteiger partial charge on any atom is -0.492 e. The van der Waals surface area contributed by atoms with Gasteiger partial charge in [0.05, 0.1) is 23.4 Å². The molecule has 1 heterocycles. The third-order valence-corrected chi connectivity index (χ3v) is 4.18. The molecule has 1 aliphatic heterocycles. The Bertz CT molecular complexity index is 862. The van der Waals surface area contributed by atoms with Crippen molar-refractivity contribution in [2.75, 3.05) is 18.5 Å². The van der Waals surface area contributed by atoms with E-state index in [9.17, 15) is 18.8 Å². The molecular weight excluding hydrogens is 351 g/mol. The first-order valence-corrected chi connectivity index (χ1v) is 8.68. The molecule has 2 aromatic rings. The van der Waals surface area contributed by atoms with Gasteiger partial charge in [-0.2, -0.15) is 0 Å². The van der Waals surface area contributed by atoms with Crippen molar-refractivity contribution in [3.63, 3.8) is 0 Å². The van der Waals surface area contributed by atoms with Crippen LogP contribution in [0.3, 0.4) is 0 Å². The van der Waals surface area contributed by atoms with Crippen molar-refractivity contribution in [2.24, 2.45) is 0 Å². The maximum atomic E-state index is 13.3. The molecule has 3 rings (SSSR count). The van der Waals surface area contributed by atoms with Crippen molar-refractivity contribution >= 4 is 23.4 Å². The molecule has 2 aromatic carbocycles. The van der Waals surface area contributed by atoms with Crippen LogP contribution in [0.5, 0.6) is 5.75 Å². The van der Waals surface area contributed by atoms with E-state index in [0.29, 0.717) is 29.8 Å². The summed E-state index contributed by atoms with van der Waals surface area (Å²) in [6, 6.07) is 10.5. The molecule has 0 unspecified atom stereocenters. The highest BCUT2D eigenvalue weighted by molar-refractivity contribution is 6.21. The lowest BCUT2D eigenvalue weighted by Gasteiger charge is -2.14. The first-order valence-electron chi connectivity index (χ1n) is 8.68. The van der Waals surface area contributed by atoms with Crippen molar-refractivity contribution in [1.29, 1.82) is 0 Å². The molecule has 0 fully saturated rings. The molecule has 0 bridgehead atoms. The maximum Gasteiger partial charge on any atom is 0.261 e. The first kappa shape index (κ1) is 18.6. The quantitative estimate of drug-likeness (QED) is 0.759. The molecule has 0 aliphatic carbocycles. The average molecular weight is 370 g/mol. The van der Waals surface area contributed by atoms with Crippen LogP contribution in [0, 0.1) is 5.82 Å². The van der Waals surface area contributed by atoms with E-state index < -0.39 is 5.82 Å². The van der Waals surface area contributed by atoms with Crippen molar-refractivity contribution in [3.8, 4) is 5.75 Å². The van der Waals surface area contributed by atoms with Gasteiger partial charge in [0, 0.05) is 19.0 Å². The number of hydrogen-bond donors (Lipinski definition) is 1. The molecule has 0 spiro atoms. The summed E-state index contributed by atoms with van der Waals surface area (Å²) >= 11 is 0. The van der Waals surface area contributed by atoms with Crippen LogP contribution in [-0.4, -0.2) is 35.8 Å². The zero-order valence-electron chi connectivity index (χ0n) is 14.8. The number of carbonyl (C=O) groups excluding carboxylic acids is 3. The fourth-order valence-electron chi connectivity index (χ4n) is 2.93.